The van der Waals surface area contributed by atoms with E-state index in [0.717, 1.165) is 44.7 Å². The molecule has 4 nitrogen and oxygen atoms in total. The summed E-state index contributed by atoms with van der Waals surface area (Å²) in [6.45, 7) is 7.47. The fourth-order valence-electron chi connectivity index (χ4n) is 4.76. The Labute approximate surface area is 173 Å². The summed E-state index contributed by atoms with van der Waals surface area (Å²) in [6.07, 6.45) is 2.17. The minimum absolute atomic E-state index is 0.274. The molecule has 0 bridgehead atoms. The van der Waals surface area contributed by atoms with Crippen LogP contribution in [0.25, 0.3) is 10.9 Å². The molecule has 1 fully saturated rings. The van der Waals surface area contributed by atoms with E-state index < -0.39 is 0 Å². The van der Waals surface area contributed by atoms with E-state index in [4.69, 9.17) is 10.7 Å². The molecule has 0 saturated carbocycles. The van der Waals surface area contributed by atoms with Crippen molar-refractivity contribution in [2.45, 2.75) is 38.9 Å². The largest absolute Gasteiger partial charge is 0.370 e. The number of para-hydroxylation sites is 1. The maximum Gasteiger partial charge on any atom is 0.0705 e. The molecule has 5 rings (SSSR count). The van der Waals surface area contributed by atoms with E-state index in [2.05, 4.69) is 71.3 Å². The Hall–Kier alpha value is -2.43. The number of hydrogen-bond acceptors (Lipinski definition) is 4. The second-order valence-electron chi connectivity index (χ2n) is 8.75. The molecule has 2 N–H and O–H groups in total. The minimum Gasteiger partial charge on any atom is -0.370 e. The number of anilines is 1. The molecule has 2 unspecified atom stereocenters. The third-order valence-corrected chi connectivity index (χ3v) is 6.72. The summed E-state index contributed by atoms with van der Waals surface area (Å²) in [6, 6.07) is 19.8. The van der Waals surface area contributed by atoms with Crippen molar-refractivity contribution in [3.63, 3.8) is 0 Å². The van der Waals surface area contributed by atoms with Gasteiger partial charge in [-0.25, -0.2) is 0 Å². The van der Waals surface area contributed by atoms with E-state index in [1.54, 1.807) is 0 Å². The van der Waals surface area contributed by atoms with Crippen LogP contribution in [-0.2, 0) is 19.5 Å². The maximum absolute atomic E-state index is 6.37. The van der Waals surface area contributed by atoms with Crippen LogP contribution in [-0.4, -0.2) is 35.6 Å². The van der Waals surface area contributed by atoms with Crippen molar-refractivity contribution in [2.24, 2.45) is 11.7 Å². The first-order valence-corrected chi connectivity index (χ1v) is 10.9. The Morgan fingerprint density at radius 1 is 1.03 bits per heavy atom. The molecule has 0 aliphatic carbocycles. The summed E-state index contributed by atoms with van der Waals surface area (Å²) in [5, 5.41) is 1.21. The van der Waals surface area contributed by atoms with Gasteiger partial charge in [-0.15, -0.1) is 0 Å². The summed E-state index contributed by atoms with van der Waals surface area (Å²) in [5.74, 6) is 0.619. The predicted molar refractivity (Wildman–Crippen MR) is 120 cm³/mol. The number of rotatable bonds is 4. The molecule has 29 heavy (non-hydrogen) atoms. The van der Waals surface area contributed by atoms with Gasteiger partial charge in [-0.1, -0.05) is 43.3 Å². The van der Waals surface area contributed by atoms with Crippen molar-refractivity contribution >= 4 is 16.6 Å². The van der Waals surface area contributed by atoms with Gasteiger partial charge in [-0.3, -0.25) is 9.88 Å². The van der Waals surface area contributed by atoms with Crippen molar-refractivity contribution in [1.29, 1.82) is 0 Å². The third-order valence-electron chi connectivity index (χ3n) is 6.72. The monoisotopic (exact) mass is 386 g/mol. The smallest absolute Gasteiger partial charge is 0.0705 e. The quantitative estimate of drug-likeness (QED) is 0.737. The zero-order valence-corrected chi connectivity index (χ0v) is 17.2. The van der Waals surface area contributed by atoms with Gasteiger partial charge in [-0.05, 0) is 41.7 Å². The Morgan fingerprint density at radius 2 is 1.93 bits per heavy atom. The first-order chi connectivity index (χ1) is 14.2. The molecule has 3 heterocycles. The van der Waals surface area contributed by atoms with E-state index in [1.165, 1.54) is 34.3 Å². The number of aromatic nitrogens is 1. The molecule has 0 spiro atoms. The maximum atomic E-state index is 6.37. The third kappa shape index (κ3) is 3.75. The summed E-state index contributed by atoms with van der Waals surface area (Å²) in [4.78, 5) is 9.91. The van der Waals surface area contributed by atoms with Crippen LogP contribution < -0.4 is 10.6 Å². The van der Waals surface area contributed by atoms with Gasteiger partial charge in [0.1, 0.15) is 0 Å². The Morgan fingerprint density at radius 3 is 2.83 bits per heavy atom. The molecular formula is C25H30N4. The number of nitrogens with zero attached hydrogens (tertiary/aromatic N) is 3. The van der Waals surface area contributed by atoms with Gasteiger partial charge in [0.15, 0.2) is 0 Å². The van der Waals surface area contributed by atoms with E-state index in [9.17, 15) is 0 Å². The van der Waals surface area contributed by atoms with Crippen LogP contribution >= 0.6 is 0 Å². The van der Waals surface area contributed by atoms with Gasteiger partial charge in [-0.2, -0.15) is 0 Å². The van der Waals surface area contributed by atoms with Crippen molar-refractivity contribution in [3.8, 4) is 0 Å². The van der Waals surface area contributed by atoms with Crippen molar-refractivity contribution in [1.82, 2.24) is 9.88 Å². The van der Waals surface area contributed by atoms with Crippen molar-refractivity contribution in [2.75, 3.05) is 24.5 Å². The summed E-state index contributed by atoms with van der Waals surface area (Å²) >= 11 is 0. The number of hydrogen-bond donors (Lipinski definition) is 1. The van der Waals surface area contributed by atoms with Crippen LogP contribution in [0.3, 0.4) is 0 Å². The average Bonchev–Trinajstić information content (AvgIpc) is 3.17. The van der Waals surface area contributed by atoms with Crippen molar-refractivity contribution in [3.05, 3.63) is 71.4 Å². The predicted octanol–water partition coefficient (Wildman–Crippen LogP) is 3.97. The van der Waals surface area contributed by atoms with Crippen LogP contribution in [0.2, 0.25) is 0 Å². The Kier molecular flexibility index (Phi) is 4.98. The van der Waals surface area contributed by atoms with Crippen LogP contribution in [0, 0.1) is 5.92 Å². The van der Waals surface area contributed by atoms with Crippen LogP contribution in [0.1, 0.15) is 30.2 Å². The molecule has 150 valence electrons. The average molecular weight is 387 g/mol. The fraction of sp³-hybridized carbons (Fsp3) is 0.400. The van der Waals surface area contributed by atoms with Crippen LogP contribution in [0.5, 0.6) is 0 Å². The molecule has 1 saturated heterocycles. The van der Waals surface area contributed by atoms with Crippen LogP contribution in [0.15, 0.2) is 54.6 Å². The Bertz CT molecular complexity index is 1010. The second kappa shape index (κ2) is 7.77. The van der Waals surface area contributed by atoms with Gasteiger partial charge >= 0.3 is 0 Å². The first-order valence-electron chi connectivity index (χ1n) is 10.9. The lowest BCUT2D eigenvalue weighted by Crippen LogP contribution is -2.47. The SMILES string of the molecule is CC1CCN(c2cccc3c2CN(CCc2ccc4ccccc4n2)C3)CC1N. The number of fused-ring (bicyclic) bond motifs is 2. The molecule has 0 radical (unpaired) electrons. The highest BCUT2D eigenvalue weighted by Crippen LogP contribution is 2.33. The summed E-state index contributed by atoms with van der Waals surface area (Å²) < 4.78 is 0. The minimum atomic E-state index is 0.274. The number of nitrogens with two attached hydrogens (primary N) is 1. The van der Waals surface area contributed by atoms with Gasteiger partial charge in [0.25, 0.3) is 0 Å². The van der Waals surface area contributed by atoms with Gasteiger partial charge < -0.3 is 10.6 Å². The molecule has 2 aromatic carbocycles. The van der Waals surface area contributed by atoms with Gasteiger partial charge in [0.05, 0.1) is 5.52 Å². The second-order valence-corrected chi connectivity index (χ2v) is 8.75. The first kappa shape index (κ1) is 18.6. The molecule has 4 heteroatoms. The van der Waals surface area contributed by atoms with Gasteiger partial charge in [0, 0.05) is 62.0 Å². The Balaban J connectivity index is 1.27. The zero-order chi connectivity index (χ0) is 19.8. The molecule has 1 aromatic heterocycles. The zero-order valence-electron chi connectivity index (χ0n) is 17.2. The lowest BCUT2D eigenvalue weighted by molar-refractivity contribution is 0.287. The van der Waals surface area contributed by atoms with E-state index in [0.29, 0.717) is 5.92 Å². The fourth-order valence-corrected chi connectivity index (χ4v) is 4.76. The van der Waals surface area contributed by atoms with Gasteiger partial charge in [0.2, 0.25) is 0 Å². The summed E-state index contributed by atoms with van der Waals surface area (Å²) in [7, 11) is 0. The normalized spacial score (nSPS) is 22.2. The lowest BCUT2D eigenvalue weighted by Gasteiger charge is -2.37. The highest BCUT2D eigenvalue weighted by atomic mass is 15.2. The molecule has 2 aliphatic rings. The highest BCUT2D eigenvalue weighted by molar-refractivity contribution is 5.78. The highest BCUT2D eigenvalue weighted by Gasteiger charge is 2.28. The molecule has 3 aromatic rings. The lowest BCUT2D eigenvalue weighted by atomic mass is 9.93. The van der Waals surface area contributed by atoms with Crippen LogP contribution in [0.4, 0.5) is 5.69 Å². The topological polar surface area (TPSA) is 45.4 Å². The molecular weight excluding hydrogens is 356 g/mol. The number of pyridine rings is 1. The molecule has 2 aliphatic heterocycles. The number of piperidine rings is 1. The molecule has 2 atom stereocenters. The van der Waals surface area contributed by atoms with E-state index >= 15 is 0 Å². The van der Waals surface area contributed by atoms with Crippen molar-refractivity contribution < 1.29 is 0 Å². The standard InChI is InChI=1S/C25H30N4/c1-18-11-14-29(17-23(18)26)25-8-4-6-20-15-28(16-22(20)25)13-12-21-10-9-19-5-2-3-7-24(19)27-21/h2-10,18,23H,11-17,26H2,1H3. The number of benzene rings is 2. The summed E-state index contributed by atoms with van der Waals surface area (Å²) in [5.41, 5.74) is 13.0. The van der Waals surface area contributed by atoms with E-state index in [1.807, 2.05) is 0 Å². The van der Waals surface area contributed by atoms with E-state index in [-0.39, 0.29) is 6.04 Å². The molecule has 0 amide bonds.